The van der Waals surface area contributed by atoms with E-state index in [0.717, 1.165) is 0 Å². The van der Waals surface area contributed by atoms with Crippen molar-refractivity contribution in [3.63, 3.8) is 0 Å². The zero-order valence-corrected chi connectivity index (χ0v) is 10.1. The van der Waals surface area contributed by atoms with Crippen molar-refractivity contribution in [3.05, 3.63) is 53.7 Å². The third-order valence-electron chi connectivity index (χ3n) is 3.00. The summed E-state index contributed by atoms with van der Waals surface area (Å²) in [5.41, 5.74) is 1.87. The third-order valence-corrected chi connectivity index (χ3v) is 3.00. The summed E-state index contributed by atoms with van der Waals surface area (Å²) in [6.45, 7) is 7.10. The molecule has 0 bridgehead atoms. The second-order valence-corrected chi connectivity index (χ2v) is 4.14. The number of fused-ring (bicyclic) bond motifs is 1. The van der Waals surface area contributed by atoms with Gasteiger partial charge in [0.2, 0.25) is 5.69 Å². The van der Waals surface area contributed by atoms with E-state index in [-0.39, 0.29) is 11.3 Å². The molecular formula is C14H8N2O4. The van der Waals surface area contributed by atoms with Gasteiger partial charge in [-0.05, 0) is 18.2 Å². The first-order valence-electron chi connectivity index (χ1n) is 5.64. The summed E-state index contributed by atoms with van der Waals surface area (Å²) in [6, 6.07) is 5.91. The molecule has 6 nitrogen and oxygen atoms in total. The van der Waals surface area contributed by atoms with E-state index in [0.29, 0.717) is 22.5 Å². The normalized spacial score (nSPS) is 10.6. The minimum absolute atomic E-state index is 0.172. The van der Waals surface area contributed by atoms with Crippen LogP contribution in [0.5, 0.6) is 5.75 Å². The maximum absolute atomic E-state index is 10.9. The van der Waals surface area contributed by atoms with Gasteiger partial charge >= 0.3 is 5.97 Å². The number of carbonyl (C=O) groups is 1. The van der Waals surface area contributed by atoms with Crippen molar-refractivity contribution >= 4 is 22.8 Å². The highest BCUT2D eigenvalue weighted by molar-refractivity contribution is 5.92. The maximum Gasteiger partial charge on any atom is 0.339 e. The van der Waals surface area contributed by atoms with Gasteiger partial charge < -0.3 is 19.2 Å². The molecule has 0 amide bonds. The largest absolute Gasteiger partial charge is 0.507 e. The van der Waals surface area contributed by atoms with E-state index >= 15 is 0 Å². The quantitative estimate of drug-likeness (QED) is 0.699. The molecule has 2 aromatic heterocycles. The molecule has 2 heterocycles. The fraction of sp³-hybridized carbons (Fsp3) is 0. The van der Waals surface area contributed by atoms with Gasteiger partial charge in [-0.25, -0.2) is 9.64 Å². The van der Waals surface area contributed by atoms with Crippen LogP contribution in [-0.4, -0.2) is 20.7 Å². The van der Waals surface area contributed by atoms with Crippen molar-refractivity contribution < 1.29 is 19.4 Å². The van der Waals surface area contributed by atoms with Gasteiger partial charge in [-0.1, -0.05) is 0 Å². The number of hydrogen-bond acceptors (Lipinski definition) is 3. The lowest BCUT2D eigenvalue weighted by Gasteiger charge is -2.06. The molecule has 0 atom stereocenters. The lowest BCUT2D eigenvalue weighted by Crippen LogP contribution is -1.98. The number of furan rings is 1. The second kappa shape index (κ2) is 4.17. The topological polar surface area (TPSA) is 80.0 Å². The number of carboxylic acids is 1. The maximum atomic E-state index is 10.9. The van der Waals surface area contributed by atoms with Crippen molar-refractivity contribution in [1.82, 2.24) is 4.57 Å². The molecule has 20 heavy (non-hydrogen) atoms. The Labute approximate surface area is 112 Å². The Hall–Kier alpha value is -3.20. The first-order chi connectivity index (χ1) is 9.61. The van der Waals surface area contributed by atoms with Crippen LogP contribution in [0.15, 0.2) is 41.1 Å². The van der Waals surface area contributed by atoms with E-state index in [1.165, 1.54) is 18.4 Å². The highest BCUT2D eigenvalue weighted by Gasteiger charge is 2.15. The summed E-state index contributed by atoms with van der Waals surface area (Å²) in [5.74, 6) is -1.53. The summed E-state index contributed by atoms with van der Waals surface area (Å²) in [7, 11) is 0. The molecule has 0 aliphatic heterocycles. The lowest BCUT2D eigenvalue weighted by molar-refractivity contribution is 0.0694. The van der Waals surface area contributed by atoms with Gasteiger partial charge in [-0.2, -0.15) is 0 Å². The molecule has 0 spiro atoms. The molecular weight excluding hydrogens is 260 g/mol. The van der Waals surface area contributed by atoms with Crippen LogP contribution < -0.4 is 0 Å². The summed E-state index contributed by atoms with van der Waals surface area (Å²) in [4.78, 5) is 14.2. The number of aromatic hydroxyl groups is 1. The van der Waals surface area contributed by atoms with Gasteiger partial charge in [-0.15, -0.1) is 0 Å². The Morgan fingerprint density at radius 2 is 2.15 bits per heavy atom. The predicted molar refractivity (Wildman–Crippen MR) is 70.4 cm³/mol. The number of rotatable bonds is 2. The Morgan fingerprint density at radius 3 is 2.80 bits per heavy atom. The fourth-order valence-corrected chi connectivity index (χ4v) is 2.08. The number of benzene rings is 1. The molecule has 98 valence electrons. The van der Waals surface area contributed by atoms with Crippen LogP contribution in [0, 0.1) is 6.57 Å². The number of nitrogens with zero attached hydrogens (tertiary/aromatic N) is 2. The van der Waals surface area contributed by atoms with Crippen molar-refractivity contribution in [1.29, 1.82) is 0 Å². The Morgan fingerprint density at radius 1 is 1.35 bits per heavy atom. The van der Waals surface area contributed by atoms with Gasteiger partial charge in [0.05, 0.1) is 18.4 Å². The summed E-state index contributed by atoms with van der Waals surface area (Å²) in [6.07, 6.45) is 3.05. The SMILES string of the molecule is [C-]#[N+]c1cn(-c2ccc(C(=O)O)c(O)c2)c2ccoc12. The average Bonchev–Trinajstić information content (AvgIpc) is 2.99. The minimum atomic E-state index is -1.20. The van der Waals surface area contributed by atoms with E-state index in [4.69, 9.17) is 16.1 Å². The minimum Gasteiger partial charge on any atom is -0.507 e. The third kappa shape index (κ3) is 1.61. The molecule has 3 aromatic rings. The summed E-state index contributed by atoms with van der Waals surface area (Å²) < 4.78 is 6.91. The number of phenols is 1. The Balaban J connectivity index is 2.21. The van der Waals surface area contributed by atoms with Gasteiger partial charge in [0.15, 0.2) is 5.58 Å². The average molecular weight is 268 g/mol. The molecule has 0 aliphatic rings. The lowest BCUT2D eigenvalue weighted by atomic mass is 10.2. The van der Waals surface area contributed by atoms with E-state index in [1.54, 1.807) is 22.9 Å². The molecule has 6 heteroatoms. The summed E-state index contributed by atoms with van der Waals surface area (Å²) >= 11 is 0. The van der Waals surface area contributed by atoms with Gasteiger partial charge in [0.25, 0.3) is 0 Å². The molecule has 0 fully saturated rings. The fourth-order valence-electron chi connectivity index (χ4n) is 2.08. The van der Waals surface area contributed by atoms with Crippen molar-refractivity contribution in [2.45, 2.75) is 0 Å². The second-order valence-electron chi connectivity index (χ2n) is 4.14. The molecule has 0 saturated heterocycles. The molecule has 0 unspecified atom stereocenters. The number of aromatic carboxylic acids is 1. The van der Waals surface area contributed by atoms with E-state index < -0.39 is 5.97 Å². The molecule has 0 radical (unpaired) electrons. The van der Waals surface area contributed by atoms with Crippen molar-refractivity contribution in [2.75, 3.05) is 0 Å². The monoisotopic (exact) mass is 268 g/mol. The number of hydrogen-bond donors (Lipinski definition) is 2. The molecule has 0 saturated carbocycles. The van der Waals surface area contributed by atoms with Crippen LogP contribution in [0.25, 0.3) is 21.6 Å². The van der Waals surface area contributed by atoms with Gasteiger partial charge in [-0.3, -0.25) is 0 Å². The Kier molecular flexibility index (Phi) is 2.48. The van der Waals surface area contributed by atoms with E-state index in [9.17, 15) is 9.90 Å². The zero-order chi connectivity index (χ0) is 14.3. The van der Waals surface area contributed by atoms with Crippen LogP contribution in [0.4, 0.5) is 5.69 Å². The molecule has 2 N–H and O–H groups in total. The van der Waals surface area contributed by atoms with Crippen LogP contribution >= 0.6 is 0 Å². The summed E-state index contributed by atoms with van der Waals surface area (Å²) in [5, 5.41) is 18.6. The highest BCUT2D eigenvalue weighted by atomic mass is 16.4. The van der Waals surface area contributed by atoms with Crippen LogP contribution in [-0.2, 0) is 0 Å². The van der Waals surface area contributed by atoms with Crippen LogP contribution in [0.1, 0.15) is 10.4 Å². The van der Waals surface area contributed by atoms with E-state index in [2.05, 4.69) is 4.85 Å². The molecule has 1 aromatic carbocycles. The smallest absolute Gasteiger partial charge is 0.339 e. The van der Waals surface area contributed by atoms with Crippen molar-refractivity contribution in [2.24, 2.45) is 0 Å². The van der Waals surface area contributed by atoms with Crippen molar-refractivity contribution in [3.8, 4) is 11.4 Å². The molecule has 3 rings (SSSR count). The number of aromatic nitrogens is 1. The van der Waals surface area contributed by atoms with Crippen LogP contribution in [0.3, 0.4) is 0 Å². The zero-order valence-electron chi connectivity index (χ0n) is 10.1. The van der Waals surface area contributed by atoms with Gasteiger partial charge in [0, 0.05) is 18.0 Å². The predicted octanol–water partition coefficient (Wildman–Crippen LogP) is 3.18. The number of carboxylic acid groups (broad SMARTS) is 1. The Bertz CT molecular complexity index is 867. The van der Waals surface area contributed by atoms with E-state index in [1.807, 2.05) is 0 Å². The van der Waals surface area contributed by atoms with Gasteiger partial charge in [0.1, 0.15) is 11.3 Å². The molecule has 0 aliphatic carbocycles. The first-order valence-corrected chi connectivity index (χ1v) is 5.64. The standard InChI is InChI=1S/C14H8N2O4/c1-15-10-7-16(11-4-5-20-13(10)11)8-2-3-9(14(18)19)12(17)6-8/h2-7,17H,(H,18,19). The van der Waals surface area contributed by atoms with Crippen LogP contribution in [0.2, 0.25) is 0 Å². The first kappa shape index (κ1) is 11.9. The highest BCUT2D eigenvalue weighted by Crippen LogP contribution is 2.33.